The maximum atomic E-state index is 12.1. The molecule has 0 aromatic carbocycles. The highest BCUT2D eigenvalue weighted by atomic mass is 16.4. The number of carbonyl (C=O) groups excluding carboxylic acids is 1. The summed E-state index contributed by atoms with van der Waals surface area (Å²) in [5.74, 6) is -0.991. The fourth-order valence-corrected chi connectivity index (χ4v) is 2.20. The zero-order valence-corrected chi connectivity index (χ0v) is 11.7. The van der Waals surface area contributed by atoms with Gasteiger partial charge in [-0.3, -0.25) is 0 Å². The Morgan fingerprint density at radius 1 is 1.44 bits per heavy atom. The number of nitrogens with one attached hydrogen (secondary N) is 1. The van der Waals surface area contributed by atoms with Gasteiger partial charge in [-0.25, -0.2) is 9.59 Å². The molecule has 5 heteroatoms. The number of carboxylic acids is 1. The lowest BCUT2D eigenvalue weighted by Gasteiger charge is -2.39. The topological polar surface area (TPSA) is 69.6 Å². The molecule has 1 rings (SSSR count). The minimum Gasteiger partial charge on any atom is -0.480 e. The number of aliphatic carboxylic acids is 1. The molecule has 0 bridgehead atoms. The number of urea groups is 1. The smallest absolute Gasteiger partial charge is 0.329 e. The average Bonchev–Trinajstić information content (AvgIpc) is 2.27. The molecule has 1 heterocycles. The van der Waals surface area contributed by atoms with Crippen LogP contribution in [0.3, 0.4) is 0 Å². The van der Waals surface area contributed by atoms with Crippen LogP contribution >= 0.6 is 0 Å². The van der Waals surface area contributed by atoms with Gasteiger partial charge in [0.05, 0.1) is 0 Å². The minimum absolute atomic E-state index is 0.113. The van der Waals surface area contributed by atoms with Gasteiger partial charge in [0, 0.05) is 13.1 Å². The molecule has 2 amide bonds. The normalized spacial score (nSPS) is 22.1. The molecule has 5 nitrogen and oxygen atoms in total. The van der Waals surface area contributed by atoms with Crippen molar-refractivity contribution in [2.45, 2.75) is 52.5 Å². The fourth-order valence-electron chi connectivity index (χ4n) is 2.20. The summed E-state index contributed by atoms with van der Waals surface area (Å²) >= 11 is 0. The Morgan fingerprint density at radius 3 is 2.50 bits per heavy atom. The molecular weight excluding hydrogens is 232 g/mol. The van der Waals surface area contributed by atoms with Gasteiger partial charge in [0.2, 0.25) is 0 Å². The van der Waals surface area contributed by atoms with Crippen LogP contribution in [0.5, 0.6) is 0 Å². The molecule has 2 N–H and O–H groups in total. The SMILES string of the molecule is CCC(C)(NC(=O)N1CCCC(C)(C)C1)C(=O)O. The molecule has 1 unspecified atom stereocenters. The van der Waals surface area contributed by atoms with Gasteiger partial charge in [-0.2, -0.15) is 0 Å². The van der Waals surface area contributed by atoms with Crippen molar-refractivity contribution in [1.29, 1.82) is 0 Å². The number of piperidine rings is 1. The largest absolute Gasteiger partial charge is 0.480 e. The molecule has 0 spiro atoms. The quantitative estimate of drug-likeness (QED) is 0.812. The summed E-state index contributed by atoms with van der Waals surface area (Å²) in [5, 5.41) is 11.8. The third-order valence-electron chi connectivity index (χ3n) is 3.75. The van der Waals surface area contributed by atoms with E-state index in [1.54, 1.807) is 18.7 Å². The first-order valence-electron chi connectivity index (χ1n) is 6.51. The van der Waals surface area contributed by atoms with Gasteiger partial charge in [-0.1, -0.05) is 20.8 Å². The predicted molar refractivity (Wildman–Crippen MR) is 69.5 cm³/mol. The Bertz CT molecular complexity index is 341. The molecular formula is C13H24N2O3. The van der Waals surface area contributed by atoms with Crippen LogP contribution in [0, 0.1) is 5.41 Å². The van der Waals surface area contributed by atoms with E-state index in [0.717, 1.165) is 12.8 Å². The molecule has 1 saturated heterocycles. The summed E-state index contributed by atoms with van der Waals surface area (Å²) in [6.07, 6.45) is 2.43. The Labute approximate surface area is 109 Å². The van der Waals surface area contributed by atoms with Gasteiger partial charge in [0.25, 0.3) is 0 Å². The van der Waals surface area contributed by atoms with E-state index in [4.69, 9.17) is 5.11 Å². The van der Waals surface area contributed by atoms with Crippen LogP contribution in [0.4, 0.5) is 4.79 Å². The van der Waals surface area contributed by atoms with Crippen LogP contribution in [0.25, 0.3) is 0 Å². The van der Waals surface area contributed by atoms with Crippen molar-refractivity contribution in [1.82, 2.24) is 10.2 Å². The van der Waals surface area contributed by atoms with E-state index < -0.39 is 11.5 Å². The molecule has 1 fully saturated rings. The lowest BCUT2D eigenvalue weighted by atomic mass is 9.84. The Balaban J connectivity index is 2.68. The lowest BCUT2D eigenvalue weighted by Crippen LogP contribution is -2.57. The van der Waals surface area contributed by atoms with Crippen molar-refractivity contribution in [2.24, 2.45) is 5.41 Å². The van der Waals surface area contributed by atoms with E-state index in [0.29, 0.717) is 19.5 Å². The lowest BCUT2D eigenvalue weighted by molar-refractivity contribution is -0.143. The van der Waals surface area contributed by atoms with E-state index in [1.165, 1.54) is 0 Å². The van der Waals surface area contributed by atoms with E-state index in [2.05, 4.69) is 19.2 Å². The first-order chi connectivity index (χ1) is 8.20. The molecule has 104 valence electrons. The van der Waals surface area contributed by atoms with Crippen molar-refractivity contribution in [3.05, 3.63) is 0 Å². The van der Waals surface area contributed by atoms with Crippen LogP contribution in [0.1, 0.15) is 47.0 Å². The number of amides is 2. The van der Waals surface area contributed by atoms with Gasteiger partial charge in [-0.05, 0) is 31.6 Å². The highest BCUT2D eigenvalue weighted by Crippen LogP contribution is 2.28. The van der Waals surface area contributed by atoms with E-state index in [1.807, 2.05) is 0 Å². The second-order valence-electron chi connectivity index (χ2n) is 6.11. The molecule has 1 aliphatic rings. The highest BCUT2D eigenvalue weighted by Gasteiger charge is 2.36. The molecule has 1 atom stereocenters. The summed E-state index contributed by atoms with van der Waals surface area (Å²) in [6.45, 7) is 8.94. The molecule has 18 heavy (non-hydrogen) atoms. The first kappa shape index (κ1) is 14.8. The first-order valence-corrected chi connectivity index (χ1v) is 6.51. The van der Waals surface area contributed by atoms with Crippen LogP contribution in [0.2, 0.25) is 0 Å². The zero-order chi connectivity index (χ0) is 14.0. The van der Waals surface area contributed by atoms with Crippen molar-refractivity contribution in [3.63, 3.8) is 0 Å². The number of hydrogen-bond acceptors (Lipinski definition) is 2. The Hall–Kier alpha value is -1.26. The number of nitrogens with zero attached hydrogens (tertiary/aromatic N) is 1. The Kier molecular flexibility index (Phi) is 4.24. The second kappa shape index (κ2) is 5.16. The molecule has 0 aromatic rings. The number of likely N-dealkylation sites (tertiary alicyclic amines) is 1. The number of carbonyl (C=O) groups is 2. The number of hydrogen-bond donors (Lipinski definition) is 2. The van der Waals surface area contributed by atoms with Crippen molar-refractivity contribution >= 4 is 12.0 Å². The summed E-state index contributed by atoms with van der Waals surface area (Å²) in [6, 6.07) is -0.269. The maximum Gasteiger partial charge on any atom is 0.329 e. The predicted octanol–water partition coefficient (Wildman–Crippen LogP) is 2.07. The van der Waals surface area contributed by atoms with Crippen LogP contribution in [-0.2, 0) is 4.79 Å². The summed E-state index contributed by atoms with van der Waals surface area (Å²) in [7, 11) is 0. The minimum atomic E-state index is -1.18. The maximum absolute atomic E-state index is 12.1. The molecule has 1 aliphatic heterocycles. The van der Waals surface area contributed by atoms with Crippen molar-refractivity contribution in [3.8, 4) is 0 Å². The van der Waals surface area contributed by atoms with Gasteiger partial charge < -0.3 is 15.3 Å². The van der Waals surface area contributed by atoms with Gasteiger partial charge in [0.15, 0.2) is 0 Å². The molecule has 0 aliphatic carbocycles. The van der Waals surface area contributed by atoms with Crippen LogP contribution in [0.15, 0.2) is 0 Å². The number of carboxylic acid groups (broad SMARTS) is 1. The van der Waals surface area contributed by atoms with Crippen LogP contribution < -0.4 is 5.32 Å². The van der Waals surface area contributed by atoms with Gasteiger partial charge in [0.1, 0.15) is 5.54 Å². The van der Waals surface area contributed by atoms with Crippen molar-refractivity contribution in [2.75, 3.05) is 13.1 Å². The van der Waals surface area contributed by atoms with E-state index in [-0.39, 0.29) is 11.4 Å². The standard InChI is InChI=1S/C13H24N2O3/c1-5-13(4,10(16)17)14-11(18)15-8-6-7-12(2,3)9-15/h5-9H2,1-4H3,(H,14,18)(H,16,17). The monoisotopic (exact) mass is 256 g/mol. The molecule has 0 radical (unpaired) electrons. The van der Waals surface area contributed by atoms with E-state index >= 15 is 0 Å². The molecule has 0 aromatic heterocycles. The molecule has 0 saturated carbocycles. The van der Waals surface area contributed by atoms with Crippen molar-refractivity contribution < 1.29 is 14.7 Å². The Morgan fingerprint density at radius 2 is 2.06 bits per heavy atom. The highest BCUT2D eigenvalue weighted by molar-refractivity contribution is 5.85. The summed E-state index contributed by atoms with van der Waals surface area (Å²) < 4.78 is 0. The second-order valence-corrected chi connectivity index (χ2v) is 6.11. The fraction of sp³-hybridized carbons (Fsp3) is 0.846. The summed E-state index contributed by atoms with van der Waals surface area (Å²) in [5.41, 5.74) is -1.07. The number of rotatable bonds is 3. The average molecular weight is 256 g/mol. The zero-order valence-electron chi connectivity index (χ0n) is 11.7. The van der Waals surface area contributed by atoms with Crippen LogP contribution in [-0.4, -0.2) is 40.6 Å². The van der Waals surface area contributed by atoms with E-state index in [9.17, 15) is 9.59 Å². The van der Waals surface area contributed by atoms with Gasteiger partial charge >= 0.3 is 12.0 Å². The summed E-state index contributed by atoms with van der Waals surface area (Å²) in [4.78, 5) is 25.0. The van der Waals surface area contributed by atoms with Gasteiger partial charge in [-0.15, -0.1) is 0 Å². The third-order valence-corrected chi connectivity index (χ3v) is 3.75. The third kappa shape index (κ3) is 3.37.